The number of sulfonamides is 1. The third kappa shape index (κ3) is 8.12. The lowest BCUT2D eigenvalue weighted by Crippen LogP contribution is -2.52. The van der Waals surface area contributed by atoms with E-state index in [1.165, 1.54) is 24.1 Å². The summed E-state index contributed by atoms with van der Waals surface area (Å²) in [4.78, 5) is 27.9. The number of ether oxygens (including phenoxy) is 1. The Balaban J connectivity index is 2.46. The van der Waals surface area contributed by atoms with Gasteiger partial charge in [0.25, 0.3) is 0 Å². The molecule has 2 aromatic carbocycles. The van der Waals surface area contributed by atoms with Gasteiger partial charge in [-0.1, -0.05) is 46.6 Å². The van der Waals surface area contributed by atoms with E-state index in [2.05, 4.69) is 21.2 Å². The van der Waals surface area contributed by atoms with Crippen LogP contribution in [0.15, 0.2) is 46.9 Å². The van der Waals surface area contributed by atoms with Crippen LogP contribution >= 0.6 is 27.5 Å². The summed E-state index contributed by atoms with van der Waals surface area (Å²) >= 11 is 9.53. The number of hydrogen-bond acceptors (Lipinski definition) is 5. The Labute approximate surface area is 220 Å². The molecule has 2 atom stereocenters. The fourth-order valence-corrected chi connectivity index (χ4v) is 4.79. The van der Waals surface area contributed by atoms with Gasteiger partial charge in [0.2, 0.25) is 21.8 Å². The first kappa shape index (κ1) is 28.9. The van der Waals surface area contributed by atoms with Crippen LogP contribution in [-0.2, 0) is 26.2 Å². The van der Waals surface area contributed by atoms with Crippen molar-refractivity contribution in [3.8, 4) is 5.75 Å². The number of amides is 2. The first-order chi connectivity index (χ1) is 16.4. The maximum atomic E-state index is 13.6. The zero-order chi connectivity index (χ0) is 26.3. The fourth-order valence-electron chi connectivity index (χ4n) is 3.33. The summed E-state index contributed by atoms with van der Waals surface area (Å²) in [6.45, 7) is 5.02. The predicted molar refractivity (Wildman–Crippen MR) is 142 cm³/mol. The molecule has 0 bridgehead atoms. The van der Waals surface area contributed by atoms with E-state index in [0.29, 0.717) is 0 Å². The van der Waals surface area contributed by atoms with E-state index in [9.17, 15) is 18.0 Å². The molecule has 1 N–H and O–H groups in total. The number of carbonyl (C=O) groups is 2. The molecular weight excluding hydrogens is 558 g/mol. The number of rotatable bonds is 11. The predicted octanol–water partition coefficient (Wildman–Crippen LogP) is 4.21. The summed E-state index contributed by atoms with van der Waals surface area (Å²) in [6, 6.07) is 10.9. The van der Waals surface area contributed by atoms with Gasteiger partial charge in [-0.3, -0.25) is 13.9 Å². The highest BCUT2D eigenvalue weighted by Crippen LogP contribution is 2.33. The standard InChI is InChI=1S/C24H31BrClN3O5S/c1-6-16(2)27-24(31)17(3)28(14-18-8-7-9-19(25)12-18)23(30)15-29(35(5,32)33)21-13-20(26)10-11-22(21)34-4/h7-13,16-17H,6,14-15H2,1-5H3,(H,27,31)/t16-,17+/m1/s1. The van der Waals surface area contributed by atoms with Gasteiger partial charge in [0, 0.05) is 22.1 Å². The second-order valence-corrected chi connectivity index (χ2v) is 11.5. The van der Waals surface area contributed by atoms with Crippen LogP contribution in [0.2, 0.25) is 5.02 Å². The van der Waals surface area contributed by atoms with Crippen LogP contribution in [-0.4, -0.2) is 57.1 Å². The van der Waals surface area contributed by atoms with Gasteiger partial charge in [0.05, 0.1) is 19.1 Å². The van der Waals surface area contributed by atoms with Crippen LogP contribution in [0.5, 0.6) is 5.75 Å². The lowest BCUT2D eigenvalue weighted by molar-refractivity contribution is -0.139. The Morgan fingerprint density at radius 3 is 2.43 bits per heavy atom. The number of hydrogen-bond donors (Lipinski definition) is 1. The van der Waals surface area contributed by atoms with Crippen molar-refractivity contribution in [1.29, 1.82) is 0 Å². The molecule has 0 fully saturated rings. The molecule has 8 nitrogen and oxygen atoms in total. The minimum atomic E-state index is -3.91. The van der Waals surface area contributed by atoms with Gasteiger partial charge < -0.3 is 15.0 Å². The van der Waals surface area contributed by atoms with Crippen LogP contribution < -0.4 is 14.4 Å². The molecule has 0 spiro atoms. The van der Waals surface area contributed by atoms with E-state index in [4.69, 9.17) is 16.3 Å². The van der Waals surface area contributed by atoms with Crippen LogP contribution in [0.3, 0.4) is 0 Å². The molecule has 0 saturated carbocycles. The summed E-state index contributed by atoms with van der Waals surface area (Å²) in [5.41, 5.74) is 0.914. The molecule has 0 heterocycles. The summed E-state index contributed by atoms with van der Waals surface area (Å²) in [5, 5.41) is 3.18. The highest BCUT2D eigenvalue weighted by molar-refractivity contribution is 9.10. The monoisotopic (exact) mass is 587 g/mol. The average molecular weight is 589 g/mol. The summed E-state index contributed by atoms with van der Waals surface area (Å²) < 4.78 is 32.5. The maximum absolute atomic E-state index is 13.6. The lowest BCUT2D eigenvalue weighted by Gasteiger charge is -2.32. The molecule has 0 aliphatic heterocycles. The Morgan fingerprint density at radius 1 is 1.17 bits per heavy atom. The normalized spacial score (nSPS) is 13.0. The molecule has 2 rings (SSSR count). The van der Waals surface area contributed by atoms with E-state index in [0.717, 1.165) is 27.0 Å². The first-order valence-electron chi connectivity index (χ1n) is 11.0. The molecule has 0 saturated heterocycles. The number of anilines is 1. The summed E-state index contributed by atoms with van der Waals surface area (Å²) in [7, 11) is -2.51. The van der Waals surface area contributed by atoms with E-state index in [1.807, 2.05) is 38.1 Å². The SMILES string of the molecule is CC[C@@H](C)NC(=O)[C@H](C)N(Cc1cccc(Br)c1)C(=O)CN(c1cc(Cl)ccc1OC)S(C)(=O)=O. The van der Waals surface area contributed by atoms with Crippen LogP contribution in [0, 0.1) is 0 Å². The van der Waals surface area contributed by atoms with Crippen molar-refractivity contribution in [3.05, 3.63) is 57.5 Å². The molecular formula is C24H31BrClN3O5S. The zero-order valence-electron chi connectivity index (χ0n) is 20.4. The van der Waals surface area contributed by atoms with Crippen molar-refractivity contribution in [3.63, 3.8) is 0 Å². The highest BCUT2D eigenvalue weighted by atomic mass is 79.9. The molecule has 0 aliphatic rings. The van der Waals surface area contributed by atoms with Crippen molar-refractivity contribution in [2.75, 3.05) is 24.2 Å². The second kappa shape index (κ2) is 12.6. The Hall–Kier alpha value is -2.30. The van der Waals surface area contributed by atoms with Gasteiger partial charge in [-0.15, -0.1) is 0 Å². The van der Waals surface area contributed by atoms with E-state index in [1.54, 1.807) is 13.0 Å². The largest absolute Gasteiger partial charge is 0.495 e. The number of carbonyl (C=O) groups excluding carboxylic acids is 2. The summed E-state index contributed by atoms with van der Waals surface area (Å²) in [5.74, 6) is -0.633. The molecule has 2 aromatic rings. The van der Waals surface area contributed by atoms with E-state index < -0.39 is 28.5 Å². The zero-order valence-corrected chi connectivity index (χ0v) is 23.6. The smallest absolute Gasteiger partial charge is 0.244 e. The van der Waals surface area contributed by atoms with E-state index in [-0.39, 0.29) is 35.0 Å². The van der Waals surface area contributed by atoms with Gasteiger partial charge >= 0.3 is 0 Å². The van der Waals surface area contributed by atoms with Crippen molar-refractivity contribution in [2.24, 2.45) is 0 Å². The van der Waals surface area contributed by atoms with Crippen molar-refractivity contribution < 1.29 is 22.7 Å². The van der Waals surface area contributed by atoms with Gasteiger partial charge in [-0.25, -0.2) is 8.42 Å². The Kier molecular flexibility index (Phi) is 10.4. The Bertz CT molecular complexity index is 1160. The van der Waals surface area contributed by atoms with Gasteiger partial charge in [-0.2, -0.15) is 0 Å². The number of methoxy groups -OCH3 is 1. The fraction of sp³-hybridized carbons (Fsp3) is 0.417. The molecule has 0 unspecified atom stereocenters. The van der Waals surface area contributed by atoms with Crippen LogP contribution in [0.4, 0.5) is 5.69 Å². The first-order valence-corrected chi connectivity index (χ1v) is 14.0. The minimum Gasteiger partial charge on any atom is -0.495 e. The maximum Gasteiger partial charge on any atom is 0.244 e. The number of halogens is 2. The molecule has 0 radical (unpaired) electrons. The highest BCUT2D eigenvalue weighted by Gasteiger charge is 2.31. The third-order valence-electron chi connectivity index (χ3n) is 5.50. The van der Waals surface area contributed by atoms with Crippen molar-refractivity contribution >= 4 is 55.1 Å². The second-order valence-electron chi connectivity index (χ2n) is 8.23. The van der Waals surface area contributed by atoms with Crippen molar-refractivity contribution in [1.82, 2.24) is 10.2 Å². The minimum absolute atomic E-state index is 0.0731. The van der Waals surface area contributed by atoms with Gasteiger partial charge in [0.15, 0.2) is 0 Å². The number of nitrogens with one attached hydrogen (secondary N) is 1. The number of nitrogens with zero attached hydrogens (tertiary/aromatic N) is 2. The lowest BCUT2D eigenvalue weighted by atomic mass is 10.1. The molecule has 2 amide bonds. The van der Waals surface area contributed by atoms with Crippen molar-refractivity contribution in [2.45, 2.75) is 45.8 Å². The van der Waals surface area contributed by atoms with Crippen LogP contribution in [0.25, 0.3) is 0 Å². The van der Waals surface area contributed by atoms with Gasteiger partial charge in [0.1, 0.15) is 18.3 Å². The molecule has 0 aliphatic carbocycles. The number of benzene rings is 2. The molecule has 192 valence electrons. The van der Waals surface area contributed by atoms with Gasteiger partial charge in [-0.05, 0) is 56.2 Å². The summed E-state index contributed by atoms with van der Waals surface area (Å²) in [6.07, 6.45) is 1.73. The topological polar surface area (TPSA) is 96.0 Å². The molecule has 35 heavy (non-hydrogen) atoms. The average Bonchev–Trinajstić information content (AvgIpc) is 2.79. The third-order valence-corrected chi connectivity index (χ3v) is 7.35. The molecule has 0 aromatic heterocycles. The Morgan fingerprint density at radius 2 is 1.86 bits per heavy atom. The molecule has 11 heteroatoms. The quantitative estimate of drug-likeness (QED) is 0.424. The van der Waals surface area contributed by atoms with Crippen LogP contribution in [0.1, 0.15) is 32.8 Å². The van der Waals surface area contributed by atoms with E-state index >= 15 is 0 Å².